The number of carbonyl (C=O) groups is 1. The third-order valence-corrected chi connectivity index (χ3v) is 4.83. The van der Waals surface area contributed by atoms with Gasteiger partial charge in [-0.1, -0.05) is 35.1 Å². The number of benzene rings is 2. The van der Waals surface area contributed by atoms with Gasteiger partial charge in [-0.25, -0.2) is 9.38 Å². The van der Waals surface area contributed by atoms with E-state index in [-0.39, 0.29) is 27.1 Å². The van der Waals surface area contributed by atoms with E-state index in [2.05, 4.69) is 15.3 Å². The Morgan fingerprint density at radius 1 is 1.20 bits per heavy atom. The third-order valence-electron chi connectivity index (χ3n) is 3.62. The number of fused-ring (bicyclic) bond motifs is 1. The molecule has 5 nitrogen and oxygen atoms in total. The SMILES string of the molecule is O=C1N=c2ccc(Cl)cc2=C1c1sc(Nc2ccccc2F)nc1O. The Labute approximate surface area is 149 Å². The summed E-state index contributed by atoms with van der Waals surface area (Å²) >= 11 is 7.03. The largest absolute Gasteiger partial charge is 0.492 e. The van der Waals surface area contributed by atoms with Gasteiger partial charge in [0.2, 0.25) is 5.88 Å². The highest BCUT2D eigenvalue weighted by atomic mass is 35.5. The number of hydrogen-bond acceptors (Lipinski definition) is 5. The molecule has 0 saturated heterocycles. The first-order valence-corrected chi connectivity index (χ1v) is 8.37. The predicted octanol–water partition coefficient (Wildman–Crippen LogP) is 2.74. The number of para-hydroxylation sites is 1. The second-order valence-corrected chi connectivity index (χ2v) is 6.67. The van der Waals surface area contributed by atoms with Gasteiger partial charge in [-0.05, 0) is 30.3 Å². The van der Waals surface area contributed by atoms with E-state index in [9.17, 15) is 14.3 Å². The van der Waals surface area contributed by atoms with Gasteiger partial charge >= 0.3 is 0 Å². The van der Waals surface area contributed by atoms with E-state index >= 15 is 0 Å². The monoisotopic (exact) mass is 373 g/mol. The number of nitrogens with zero attached hydrogens (tertiary/aromatic N) is 2. The summed E-state index contributed by atoms with van der Waals surface area (Å²) in [6.07, 6.45) is 0. The van der Waals surface area contributed by atoms with Crippen LogP contribution in [0.3, 0.4) is 0 Å². The Bertz CT molecular complexity index is 1140. The fourth-order valence-electron chi connectivity index (χ4n) is 2.51. The minimum Gasteiger partial charge on any atom is -0.492 e. The number of amides is 1. The van der Waals surface area contributed by atoms with E-state index in [0.717, 1.165) is 11.3 Å². The molecule has 124 valence electrons. The maximum absolute atomic E-state index is 13.7. The lowest BCUT2D eigenvalue weighted by Gasteiger charge is -2.02. The summed E-state index contributed by atoms with van der Waals surface area (Å²) in [5.41, 5.74) is 0.452. The van der Waals surface area contributed by atoms with E-state index in [4.69, 9.17) is 11.6 Å². The van der Waals surface area contributed by atoms with Crippen molar-refractivity contribution in [1.29, 1.82) is 0 Å². The number of carbonyl (C=O) groups excluding carboxylic acids is 1. The van der Waals surface area contributed by atoms with Gasteiger partial charge in [0.1, 0.15) is 10.7 Å². The molecule has 0 fully saturated rings. The molecule has 0 unspecified atom stereocenters. The zero-order valence-electron chi connectivity index (χ0n) is 12.5. The number of hydrogen-bond donors (Lipinski definition) is 2. The summed E-state index contributed by atoms with van der Waals surface area (Å²) in [7, 11) is 0. The number of thiazole rings is 1. The second kappa shape index (κ2) is 5.94. The molecule has 2 aromatic carbocycles. The predicted molar refractivity (Wildman–Crippen MR) is 93.2 cm³/mol. The molecule has 1 aromatic heterocycles. The Kier molecular flexibility index (Phi) is 3.74. The van der Waals surface area contributed by atoms with Crippen LogP contribution in [0.2, 0.25) is 5.02 Å². The Hall–Kier alpha value is -2.77. The van der Waals surface area contributed by atoms with Crippen LogP contribution >= 0.6 is 22.9 Å². The van der Waals surface area contributed by atoms with Crippen LogP contribution in [-0.2, 0) is 4.79 Å². The molecule has 0 bridgehead atoms. The molecule has 8 heteroatoms. The summed E-state index contributed by atoms with van der Waals surface area (Å²) < 4.78 is 13.7. The first kappa shape index (κ1) is 15.7. The van der Waals surface area contributed by atoms with Crippen LogP contribution in [0, 0.1) is 5.82 Å². The van der Waals surface area contributed by atoms with Crippen molar-refractivity contribution >= 4 is 45.2 Å². The van der Waals surface area contributed by atoms with Gasteiger partial charge in [0.25, 0.3) is 5.91 Å². The minimum atomic E-state index is -0.478. The lowest BCUT2D eigenvalue weighted by atomic mass is 10.1. The number of nitrogens with one attached hydrogen (secondary N) is 1. The summed E-state index contributed by atoms with van der Waals surface area (Å²) in [4.78, 5) is 20.4. The van der Waals surface area contributed by atoms with E-state index < -0.39 is 11.7 Å². The summed E-state index contributed by atoms with van der Waals surface area (Å²) in [5.74, 6) is -1.25. The first-order chi connectivity index (χ1) is 12.0. The Morgan fingerprint density at radius 2 is 2.00 bits per heavy atom. The first-order valence-electron chi connectivity index (χ1n) is 7.17. The van der Waals surface area contributed by atoms with Crippen molar-refractivity contribution in [2.75, 3.05) is 5.32 Å². The Balaban J connectivity index is 1.82. The highest BCUT2D eigenvalue weighted by Crippen LogP contribution is 2.35. The highest BCUT2D eigenvalue weighted by Gasteiger charge is 2.25. The molecule has 0 saturated carbocycles. The van der Waals surface area contributed by atoms with E-state index in [1.54, 1.807) is 36.4 Å². The van der Waals surface area contributed by atoms with Crippen LogP contribution < -0.4 is 15.9 Å². The van der Waals surface area contributed by atoms with Crippen molar-refractivity contribution in [2.24, 2.45) is 4.99 Å². The minimum absolute atomic E-state index is 0.221. The van der Waals surface area contributed by atoms with E-state index in [0.29, 0.717) is 15.6 Å². The van der Waals surface area contributed by atoms with Crippen LogP contribution in [0.1, 0.15) is 4.88 Å². The summed E-state index contributed by atoms with van der Waals surface area (Å²) in [5, 5.41) is 14.7. The number of rotatable bonds is 3. The standard InChI is InChI=1S/C17H9ClFN3O2S/c18-8-5-6-11-9(7-8)13(15(23)20-11)14-16(24)22-17(25-14)21-12-4-2-1-3-10(12)19/h1-7,24H,(H,21,22). The average molecular weight is 374 g/mol. The number of halogens is 2. The molecule has 0 atom stereocenters. The normalized spacial score (nSPS) is 12.9. The van der Waals surface area contributed by atoms with E-state index in [1.807, 2.05) is 0 Å². The van der Waals surface area contributed by atoms with Gasteiger partial charge < -0.3 is 10.4 Å². The molecular formula is C17H9ClFN3O2S. The molecule has 2 N–H and O–H groups in total. The Morgan fingerprint density at radius 3 is 2.80 bits per heavy atom. The van der Waals surface area contributed by atoms with Gasteiger partial charge in [0.05, 0.1) is 16.6 Å². The van der Waals surface area contributed by atoms with Gasteiger partial charge in [0.15, 0.2) is 5.13 Å². The van der Waals surface area contributed by atoms with Gasteiger partial charge in [-0.15, -0.1) is 0 Å². The van der Waals surface area contributed by atoms with Crippen LogP contribution in [0.25, 0.3) is 5.57 Å². The molecule has 0 radical (unpaired) electrons. The smallest absolute Gasteiger partial charge is 0.279 e. The van der Waals surface area contributed by atoms with Crippen molar-refractivity contribution in [3.8, 4) is 5.88 Å². The molecule has 25 heavy (non-hydrogen) atoms. The molecule has 1 aliphatic heterocycles. The van der Waals surface area contributed by atoms with Gasteiger partial charge in [0, 0.05) is 10.2 Å². The summed E-state index contributed by atoms with van der Waals surface area (Å²) in [6.45, 7) is 0. The van der Waals surface area contributed by atoms with Crippen molar-refractivity contribution in [2.45, 2.75) is 0 Å². The zero-order valence-corrected chi connectivity index (χ0v) is 14.0. The van der Waals surface area contributed by atoms with Crippen LogP contribution in [0.15, 0.2) is 47.5 Å². The van der Waals surface area contributed by atoms with Crippen molar-refractivity contribution in [1.82, 2.24) is 4.98 Å². The van der Waals surface area contributed by atoms with E-state index in [1.165, 1.54) is 6.07 Å². The van der Waals surface area contributed by atoms with Crippen molar-refractivity contribution in [3.63, 3.8) is 0 Å². The second-order valence-electron chi connectivity index (χ2n) is 5.23. The number of aromatic nitrogens is 1. The number of aromatic hydroxyl groups is 1. The summed E-state index contributed by atoms with van der Waals surface area (Å²) in [6, 6.07) is 11.0. The fraction of sp³-hybridized carbons (Fsp3) is 0. The van der Waals surface area contributed by atoms with Gasteiger partial charge in [-0.3, -0.25) is 4.79 Å². The fourth-order valence-corrected chi connectivity index (χ4v) is 3.61. The molecule has 1 amide bonds. The highest BCUT2D eigenvalue weighted by molar-refractivity contribution is 7.17. The molecule has 0 spiro atoms. The molecule has 1 aliphatic rings. The lowest BCUT2D eigenvalue weighted by molar-refractivity contribution is -0.112. The van der Waals surface area contributed by atoms with Crippen molar-refractivity contribution in [3.05, 3.63) is 68.8 Å². The van der Waals surface area contributed by atoms with Crippen LogP contribution in [0.4, 0.5) is 15.2 Å². The van der Waals surface area contributed by atoms with Crippen LogP contribution in [-0.4, -0.2) is 16.0 Å². The quantitative estimate of drug-likeness (QED) is 0.740. The van der Waals surface area contributed by atoms with Gasteiger partial charge in [-0.2, -0.15) is 4.98 Å². The maximum atomic E-state index is 13.7. The molecule has 3 aromatic rings. The molecule has 4 rings (SSSR count). The molecule has 2 heterocycles. The lowest BCUT2D eigenvalue weighted by Crippen LogP contribution is -2.22. The molecule has 0 aliphatic carbocycles. The average Bonchev–Trinajstić information content (AvgIpc) is 3.08. The molecular weight excluding hydrogens is 365 g/mol. The topological polar surface area (TPSA) is 74.6 Å². The third kappa shape index (κ3) is 2.77. The zero-order chi connectivity index (χ0) is 17.6. The number of anilines is 2. The van der Waals surface area contributed by atoms with Crippen LogP contribution in [0.5, 0.6) is 5.88 Å². The van der Waals surface area contributed by atoms with Crippen molar-refractivity contribution < 1.29 is 14.3 Å². The maximum Gasteiger partial charge on any atom is 0.279 e.